The largest absolute Gasteiger partial charge is 0.319 e. The van der Waals surface area contributed by atoms with Crippen LogP contribution in [-0.2, 0) is 7.05 Å². The Morgan fingerprint density at radius 2 is 1.95 bits per heavy atom. The fourth-order valence-electron chi connectivity index (χ4n) is 2.29. The average Bonchev–Trinajstić information content (AvgIpc) is 2.77. The second-order valence-electron chi connectivity index (χ2n) is 4.76. The normalized spacial score (nSPS) is 12.0. The van der Waals surface area contributed by atoms with E-state index in [1.54, 1.807) is 6.07 Å². The maximum Gasteiger partial charge on any atom is 0.280 e. The van der Waals surface area contributed by atoms with Gasteiger partial charge in [0.2, 0.25) is 0 Å². The highest BCUT2D eigenvalue weighted by Crippen LogP contribution is 2.20. The molecule has 1 aromatic heterocycles. The Kier molecular flexibility index (Phi) is 3.78. The minimum absolute atomic E-state index is 0.234. The Balaban J connectivity index is 2.17. The van der Waals surface area contributed by atoms with Crippen LogP contribution in [0.1, 0.15) is 15.9 Å². The van der Waals surface area contributed by atoms with Crippen LogP contribution in [0.15, 0.2) is 51.9 Å². The van der Waals surface area contributed by atoms with Gasteiger partial charge in [0.15, 0.2) is 4.80 Å². The first-order valence-corrected chi connectivity index (χ1v) is 8.07. The summed E-state index contributed by atoms with van der Waals surface area (Å²) in [4.78, 5) is 17.3. The summed E-state index contributed by atoms with van der Waals surface area (Å²) in [6.45, 7) is 2.06. The SMILES string of the molecule is Cc1cccc2sc(=NC(=O)c3ccccc3Br)n(C)c12. The molecule has 0 saturated carbocycles. The number of hydrogen-bond acceptors (Lipinski definition) is 2. The number of amides is 1. The van der Waals surface area contributed by atoms with Crippen LogP contribution in [0.2, 0.25) is 0 Å². The van der Waals surface area contributed by atoms with E-state index in [0.29, 0.717) is 10.4 Å². The first kappa shape index (κ1) is 14.2. The molecule has 0 unspecified atom stereocenters. The smallest absolute Gasteiger partial charge is 0.280 e. The van der Waals surface area contributed by atoms with Crippen LogP contribution in [0.25, 0.3) is 10.2 Å². The van der Waals surface area contributed by atoms with Crippen molar-refractivity contribution in [2.24, 2.45) is 12.0 Å². The third-order valence-electron chi connectivity index (χ3n) is 3.33. The molecule has 0 N–H and O–H groups in total. The molecule has 3 rings (SSSR count). The predicted molar refractivity (Wildman–Crippen MR) is 89.6 cm³/mol. The van der Waals surface area contributed by atoms with E-state index in [2.05, 4.69) is 40.0 Å². The average molecular weight is 361 g/mol. The van der Waals surface area contributed by atoms with Crippen LogP contribution in [0.3, 0.4) is 0 Å². The Morgan fingerprint density at radius 1 is 1.19 bits per heavy atom. The van der Waals surface area contributed by atoms with Gasteiger partial charge in [-0.15, -0.1) is 0 Å². The summed E-state index contributed by atoms with van der Waals surface area (Å²) in [6.07, 6.45) is 0. The van der Waals surface area contributed by atoms with Crippen LogP contribution in [0.5, 0.6) is 0 Å². The number of aryl methyl sites for hydroxylation is 2. The quantitative estimate of drug-likeness (QED) is 0.644. The highest BCUT2D eigenvalue weighted by molar-refractivity contribution is 9.10. The van der Waals surface area contributed by atoms with Crippen molar-refractivity contribution in [2.75, 3.05) is 0 Å². The number of aromatic nitrogens is 1. The van der Waals surface area contributed by atoms with Gasteiger partial charge in [0.05, 0.1) is 15.8 Å². The van der Waals surface area contributed by atoms with Crippen molar-refractivity contribution in [3.8, 4) is 0 Å². The summed E-state index contributed by atoms with van der Waals surface area (Å²) >= 11 is 4.92. The van der Waals surface area contributed by atoms with Crippen molar-refractivity contribution in [3.63, 3.8) is 0 Å². The lowest BCUT2D eigenvalue weighted by Crippen LogP contribution is -2.13. The van der Waals surface area contributed by atoms with E-state index in [1.807, 2.05) is 35.9 Å². The summed E-state index contributed by atoms with van der Waals surface area (Å²) in [6, 6.07) is 13.5. The Bertz CT molecular complexity index is 908. The second kappa shape index (κ2) is 5.58. The van der Waals surface area contributed by atoms with Gasteiger partial charge >= 0.3 is 0 Å². The third-order valence-corrected chi connectivity index (χ3v) is 5.11. The van der Waals surface area contributed by atoms with E-state index in [9.17, 15) is 4.79 Å². The zero-order valence-electron chi connectivity index (χ0n) is 11.6. The predicted octanol–water partition coefficient (Wildman–Crippen LogP) is 4.05. The molecular weight excluding hydrogens is 348 g/mol. The molecule has 0 bridgehead atoms. The Hall–Kier alpha value is -1.72. The topological polar surface area (TPSA) is 34.4 Å². The highest BCUT2D eigenvalue weighted by atomic mass is 79.9. The molecule has 5 heteroatoms. The minimum atomic E-state index is -0.234. The Morgan fingerprint density at radius 3 is 2.67 bits per heavy atom. The van der Waals surface area contributed by atoms with Gasteiger partial charge in [-0.2, -0.15) is 4.99 Å². The van der Waals surface area contributed by atoms with Gasteiger partial charge in [-0.25, -0.2) is 0 Å². The first-order chi connectivity index (χ1) is 10.1. The van der Waals surface area contributed by atoms with Crippen LogP contribution in [0.4, 0.5) is 0 Å². The molecule has 0 saturated heterocycles. The molecule has 3 nitrogen and oxygen atoms in total. The summed E-state index contributed by atoms with van der Waals surface area (Å²) in [5.74, 6) is -0.234. The van der Waals surface area contributed by atoms with Gasteiger partial charge in [0.1, 0.15) is 0 Å². The van der Waals surface area contributed by atoms with Crippen molar-refractivity contribution >= 4 is 43.4 Å². The molecule has 1 amide bonds. The molecule has 1 heterocycles. The van der Waals surface area contributed by atoms with Gasteiger partial charge in [-0.05, 0) is 46.6 Å². The molecule has 0 fully saturated rings. The summed E-state index contributed by atoms with van der Waals surface area (Å²) in [5, 5.41) is 0. The lowest BCUT2D eigenvalue weighted by molar-refractivity contribution is 0.0997. The highest BCUT2D eigenvalue weighted by Gasteiger charge is 2.10. The van der Waals surface area contributed by atoms with Gasteiger partial charge in [-0.3, -0.25) is 4.79 Å². The van der Waals surface area contributed by atoms with Crippen molar-refractivity contribution in [3.05, 3.63) is 62.9 Å². The lowest BCUT2D eigenvalue weighted by atomic mass is 10.2. The molecule has 0 spiro atoms. The molecule has 0 aliphatic carbocycles. The summed E-state index contributed by atoms with van der Waals surface area (Å²) in [7, 11) is 1.94. The number of para-hydroxylation sites is 1. The van der Waals surface area contributed by atoms with Crippen molar-refractivity contribution in [1.29, 1.82) is 0 Å². The number of benzene rings is 2. The van der Waals surface area contributed by atoms with Gasteiger partial charge in [0.25, 0.3) is 5.91 Å². The maximum atomic E-state index is 12.3. The number of carbonyl (C=O) groups excluding carboxylic acids is 1. The fraction of sp³-hybridized carbons (Fsp3) is 0.125. The number of carbonyl (C=O) groups is 1. The summed E-state index contributed by atoms with van der Waals surface area (Å²) < 4.78 is 3.87. The number of fused-ring (bicyclic) bond motifs is 1. The van der Waals surface area contributed by atoms with Crippen LogP contribution < -0.4 is 4.80 Å². The molecular formula is C16H13BrN2OS. The van der Waals surface area contributed by atoms with Crippen LogP contribution in [0, 0.1) is 6.92 Å². The lowest BCUT2D eigenvalue weighted by Gasteiger charge is -2.00. The van der Waals surface area contributed by atoms with Gasteiger partial charge in [-0.1, -0.05) is 35.6 Å². The zero-order chi connectivity index (χ0) is 15.0. The molecule has 106 valence electrons. The number of halogens is 1. The maximum absolute atomic E-state index is 12.3. The number of nitrogens with zero attached hydrogens (tertiary/aromatic N) is 2. The van der Waals surface area contributed by atoms with E-state index in [0.717, 1.165) is 14.7 Å². The molecule has 3 aromatic rings. The van der Waals surface area contributed by atoms with Crippen molar-refractivity contribution in [1.82, 2.24) is 4.57 Å². The first-order valence-electron chi connectivity index (χ1n) is 6.46. The van der Waals surface area contributed by atoms with Crippen LogP contribution in [-0.4, -0.2) is 10.5 Å². The van der Waals surface area contributed by atoms with E-state index in [1.165, 1.54) is 16.9 Å². The van der Waals surface area contributed by atoms with E-state index in [4.69, 9.17) is 0 Å². The molecule has 2 aromatic carbocycles. The molecule has 0 radical (unpaired) electrons. The van der Waals surface area contributed by atoms with Crippen molar-refractivity contribution < 1.29 is 4.79 Å². The minimum Gasteiger partial charge on any atom is -0.319 e. The van der Waals surface area contributed by atoms with Crippen molar-refractivity contribution in [2.45, 2.75) is 6.92 Å². The van der Waals surface area contributed by atoms with E-state index < -0.39 is 0 Å². The third kappa shape index (κ3) is 2.59. The number of hydrogen-bond donors (Lipinski definition) is 0. The van der Waals surface area contributed by atoms with Crippen LogP contribution >= 0.6 is 27.3 Å². The zero-order valence-corrected chi connectivity index (χ0v) is 14.0. The number of thiazole rings is 1. The second-order valence-corrected chi connectivity index (χ2v) is 6.63. The van der Waals surface area contributed by atoms with E-state index >= 15 is 0 Å². The fourth-order valence-corrected chi connectivity index (χ4v) is 3.84. The van der Waals surface area contributed by atoms with E-state index in [-0.39, 0.29) is 5.91 Å². The Labute approximate surface area is 134 Å². The number of rotatable bonds is 1. The van der Waals surface area contributed by atoms with Gasteiger partial charge in [0, 0.05) is 11.5 Å². The monoisotopic (exact) mass is 360 g/mol. The summed E-state index contributed by atoms with van der Waals surface area (Å²) in [5.41, 5.74) is 2.88. The van der Waals surface area contributed by atoms with Gasteiger partial charge < -0.3 is 4.57 Å². The molecule has 0 aliphatic rings. The standard InChI is InChI=1S/C16H13BrN2OS/c1-10-6-5-9-13-14(10)19(2)16(21-13)18-15(20)11-7-3-4-8-12(11)17/h3-9H,1-2H3. The molecule has 21 heavy (non-hydrogen) atoms. The molecule has 0 atom stereocenters. The molecule has 0 aliphatic heterocycles.